The Morgan fingerprint density at radius 3 is 2.35 bits per heavy atom. The molecule has 0 aliphatic rings. The molecule has 5 rings (SSSR count). The Morgan fingerprint density at radius 1 is 0.794 bits per heavy atom. The number of nitrogens with one attached hydrogen (secondary N) is 2. The molecule has 3 aromatic heterocycles. The van der Waals surface area contributed by atoms with E-state index in [4.69, 9.17) is 0 Å². The summed E-state index contributed by atoms with van der Waals surface area (Å²) in [6.45, 7) is 0.601. The Hall–Kier alpha value is -4.76. The van der Waals surface area contributed by atoms with E-state index in [0.717, 1.165) is 28.7 Å². The zero-order valence-electron chi connectivity index (χ0n) is 18.4. The molecule has 0 saturated carbocycles. The van der Waals surface area contributed by atoms with Crippen LogP contribution in [0, 0.1) is 11.3 Å². The zero-order valence-corrected chi connectivity index (χ0v) is 18.4. The highest BCUT2D eigenvalue weighted by Gasteiger charge is 2.11. The van der Waals surface area contributed by atoms with Gasteiger partial charge in [0.25, 0.3) is 0 Å². The van der Waals surface area contributed by atoms with E-state index in [1.807, 2.05) is 42.6 Å². The van der Waals surface area contributed by atoms with Crippen molar-refractivity contribution >= 4 is 28.1 Å². The smallest absolute Gasteiger partial charge is 0.126 e. The van der Waals surface area contributed by atoms with Gasteiger partial charge in [-0.15, -0.1) is 0 Å². The fraction of sp³-hybridized carbons (Fsp3) is 0.0714. The predicted molar refractivity (Wildman–Crippen MR) is 135 cm³/mol. The molecule has 34 heavy (non-hydrogen) atoms. The summed E-state index contributed by atoms with van der Waals surface area (Å²) >= 11 is 0. The molecule has 0 unspecified atom stereocenters. The quantitative estimate of drug-likeness (QED) is 0.329. The van der Waals surface area contributed by atoms with Gasteiger partial charge in [0.05, 0.1) is 23.0 Å². The van der Waals surface area contributed by atoms with Crippen molar-refractivity contribution in [2.75, 3.05) is 10.6 Å². The highest BCUT2D eigenvalue weighted by Crippen LogP contribution is 2.30. The largest absolute Gasteiger partial charge is 0.366 e. The number of pyridine rings is 3. The average molecular weight is 443 g/mol. The molecule has 164 valence electrons. The summed E-state index contributed by atoms with van der Waals surface area (Å²) in [4.78, 5) is 13.0. The van der Waals surface area contributed by atoms with E-state index in [0.29, 0.717) is 23.4 Å². The first-order chi connectivity index (χ1) is 16.8. The van der Waals surface area contributed by atoms with E-state index in [9.17, 15) is 5.26 Å². The van der Waals surface area contributed by atoms with Crippen molar-refractivity contribution in [1.29, 1.82) is 5.26 Å². The molecule has 0 aliphatic heterocycles. The standard InChI is InChI=1S/C28H22N6/c29-15-23-18-31-26-19-33-27(32-17-22-7-4-12-30-16-22)14-25(26)28(23)34-24-10-8-21(9-11-24)13-20-5-2-1-3-6-20/h1-12,14,16,18-19H,13,17H2,(H,31,34)(H,32,33). The number of hydrogen-bond acceptors (Lipinski definition) is 6. The van der Waals surface area contributed by atoms with Crippen molar-refractivity contribution < 1.29 is 0 Å². The second-order valence-electron chi connectivity index (χ2n) is 7.94. The van der Waals surface area contributed by atoms with Crippen LogP contribution in [-0.4, -0.2) is 15.0 Å². The van der Waals surface area contributed by atoms with Gasteiger partial charge in [-0.3, -0.25) is 9.97 Å². The van der Waals surface area contributed by atoms with Crippen molar-refractivity contribution in [3.8, 4) is 6.07 Å². The molecule has 0 aliphatic carbocycles. The van der Waals surface area contributed by atoms with Gasteiger partial charge in [-0.1, -0.05) is 48.5 Å². The third-order valence-corrected chi connectivity index (χ3v) is 5.55. The number of nitrogens with zero attached hydrogens (tertiary/aromatic N) is 4. The number of hydrogen-bond donors (Lipinski definition) is 2. The lowest BCUT2D eigenvalue weighted by molar-refractivity contribution is 1.09. The van der Waals surface area contributed by atoms with Crippen LogP contribution >= 0.6 is 0 Å². The topological polar surface area (TPSA) is 86.5 Å². The van der Waals surface area contributed by atoms with Crippen molar-refractivity contribution in [2.24, 2.45) is 0 Å². The normalized spacial score (nSPS) is 10.6. The Bertz CT molecular complexity index is 1440. The van der Waals surface area contributed by atoms with Crippen LogP contribution in [0.25, 0.3) is 10.9 Å². The van der Waals surface area contributed by atoms with Crippen molar-refractivity contribution in [3.05, 3.63) is 120 Å². The minimum absolute atomic E-state index is 0.477. The lowest BCUT2D eigenvalue weighted by Crippen LogP contribution is -2.03. The first-order valence-electron chi connectivity index (χ1n) is 11.0. The second kappa shape index (κ2) is 9.80. The molecule has 0 radical (unpaired) electrons. The summed E-state index contributed by atoms with van der Waals surface area (Å²) in [5.41, 5.74) is 6.37. The van der Waals surface area contributed by atoms with Gasteiger partial charge in [-0.05, 0) is 47.4 Å². The van der Waals surface area contributed by atoms with E-state index in [-0.39, 0.29) is 0 Å². The molecule has 6 nitrogen and oxygen atoms in total. The maximum atomic E-state index is 9.72. The molecule has 2 aromatic carbocycles. The summed E-state index contributed by atoms with van der Waals surface area (Å²) < 4.78 is 0. The van der Waals surface area contributed by atoms with Gasteiger partial charge in [0, 0.05) is 36.2 Å². The van der Waals surface area contributed by atoms with E-state index < -0.39 is 0 Å². The van der Waals surface area contributed by atoms with Gasteiger partial charge >= 0.3 is 0 Å². The number of anilines is 3. The Morgan fingerprint density at radius 2 is 1.59 bits per heavy atom. The summed E-state index contributed by atoms with van der Waals surface area (Å²) in [7, 11) is 0. The van der Waals surface area contributed by atoms with Gasteiger partial charge in [-0.25, -0.2) is 4.98 Å². The summed E-state index contributed by atoms with van der Waals surface area (Å²) in [6, 6.07) is 26.8. The van der Waals surface area contributed by atoms with Crippen LogP contribution in [0.4, 0.5) is 17.2 Å². The molecule has 0 fully saturated rings. The minimum Gasteiger partial charge on any atom is -0.366 e. The van der Waals surface area contributed by atoms with E-state index in [1.54, 1.807) is 18.6 Å². The predicted octanol–water partition coefficient (Wildman–Crippen LogP) is 5.84. The number of aromatic nitrogens is 3. The van der Waals surface area contributed by atoms with E-state index in [1.165, 1.54) is 11.1 Å². The van der Waals surface area contributed by atoms with Gasteiger partial charge < -0.3 is 10.6 Å². The maximum absolute atomic E-state index is 9.72. The van der Waals surface area contributed by atoms with Gasteiger partial charge in [0.2, 0.25) is 0 Å². The first kappa shape index (κ1) is 21.1. The van der Waals surface area contributed by atoms with Crippen LogP contribution in [-0.2, 0) is 13.0 Å². The molecular formula is C28H22N6. The Labute approximate surface area is 198 Å². The maximum Gasteiger partial charge on any atom is 0.126 e. The summed E-state index contributed by atoms with van der Waals surface area (Å²) in [5, 5.41) is 17.3. The lowest BCUT2D eigenvalue weighted by atomic mass is 10.0. The molecule has 3 heterocycles. The highest BCUT2D eigenvalue weighted by atomic mass is 15.0. The van der Waals surface area contributed by atoms with E-state index in [2.05, 4.69) is 68.1 Å². The van der Waals surface area contributed by atoms with Crippen LogP contribution < -0.4 is 10.6 Å². The van der Waals surface area contributed by atoms with Crippen LogP contribution in [0.15, 0.2) is 97.6 Å². The van der Waals surface area contributed by atoms with Crippen LogP contribution in [0.1, 0.15) is 22.3 Å². The Balaban J connectivity index is 1.40. The van der Waals surface area contributed by atoms with Gasteiger partial charge in [0.15, 0.2) is 0 Å². The number of rotatable bonds is 7. The van der Waals surface area contributed by atoms with Crippen molar-refractivity contribution in [1.82, 2.24) is 15.0 Å². The fourth-order valence-corrected chi connectivity index (χ4v) is 3.79. The molecule has 0 spiro atoms. The van der Waals surface area contributed by atoms with E-state index >= 15 is 0 Å². The molecule has 0 atom stereocenters. The van der Waals surface area contributed by atoms with Crippen LogP contribution in [0.5, 0.6) is 0 Å². The number of fused-ring (bicyclic) bond motifs is 1. The molecule has 0 saturated heterocycles. The second-order valence-corrected chi connectivity index (χ2v) is 7.94. The third kappa shape index (κ3) is 4.84. The molecule has 6 heteroatoms. The monoisotopic (exact) mass is 442 g/mol. The summed E-state index contributed by atoms with van der Waals surface area (Å²) in [6.07, 6.45) is 7.74. The molecule has 2 N–H and O–H groups in total. The Kier molecular flexibility index (Phi) is 6.08. The first-order valence-corrected chi connectivity index (χ1v) is 11.0. The van der Waals surface area contributed by atoms with Crippen LogP contribution in [0.3, 0.4) is 0 Å². The average Bonchev–Trinajstić information content (AvgIpc) is 2.90. The third-order valence-electron chi connectivity index (χ3n) is 5.55. The molecular weight excluding hydrogens is 420 g/mol. The minimum atomic E-state index is 0.477. The SMILES string of the molecule is N#Cc1cnc2cnc(NCc3cccnc3)cc2c1Nc1ccc(Cc2ccccc2)cc1. The van der Waals surface area contributed by atoms with Gasteiger partial charge in [0.1, 0.15) is 11.9 Å². The summed E-state index contributed by atoms with van der Waals surface area (Å²) in [5.74, 6) is 0.703. The molecule has 0 amide bonds. The lowest BCUT2D eigenvalue weighted by Gasteiger charge is -2.13. The van der Waals surface area contributed by atoms with Crippen molar-refractivity contribution in [3.63, 3.8) is 0 Å². The van der Waals surface area contributed by atoms with Gasteiger partial charge in [-0.2, -0.15) is 5.26 Å². The number of benzene rings is 2. The number of nitriles is 1. The molecule has 0 bridgehead atoms. The zero-order chi connectivity index (χ0) is 23.2. The fourth-order valence-electron chi connectivity index (χ4n) is 3.79. The van der Waals surface area contributed by atoms with Crippen LogP contribution in [0.2, 0.25) is 0 Å². The van der Waals surface area contributed by atoms with Crippen molar-refractivity contribution in [2.45, 2.75) is 13.0 Å². The molecule has 5 aromatic rings. The highest BCUT2D eigenvalue weighted by molar-refractivity contribution is 5.96.